The van der Waals surface area contributed by atoms with E-state index in [9.17, 15) is 10.1 Å². The summed E-state index contributed by atoms with van der Waals surface area (Å²) in [5.41, 5.74) is 4.49. The first-order chi connectivity index (χ1) is 14.0. The number of nitrogens with one attached hydrogen (secondary N) is 1. The molecule has 0 fully saturated rings. The fraction of sp³-hybridized carbons (Fsp3) is 0.286. The first kappa shape index (κ1) is 19.4. The van der Waals surface area contributed by atoms with E-state index in [1.807, 2.05) is 25.1 Å². The summed E-state index contributed by atoms with van der Waals surface area (Å²) in [6, 6.07) is 10.7. The number of hydrogen-bond donors (Lipinski definition) is 1. The number of non-ortho nitro benzene ring substituents is 1. The Hall–Kier alpha value is -2.87. The van der Waals surface area contributed by atoms with Crippen molar-refractivity contribution in [3.05, 3.63) is 62.1 Å². The highest BCUT2D eigenvalue weighted by atomic mass is 79.9. The van der Waals surface area contributed by atoms with Gasteiger partial charge in [-0.3, -0.25) is 10.1 Å². The number of halogens is 1. The molecule has 0 bridgehead atoms. The van der Waals surface area contributed by atoms with Gasteiger partial charge < -0.3 is 10.1 Å². The van der Waals surface area contributed by atoms with Crippen molar-refractivity contribution in [2.45, 2.75) is 26.2 Å². The Morgan fingerprint density at radius 2 is 2.07 bits per heavy atom. The van der Waals surface area contributed by atoms with Gasteiger partial charge in [-0.2, -0.15) is 5.10 Å². The number of benzene rings is 2. The molecule has 29 heavy (non-hydrogen) atoms. The summed E-state index contributed by atoms with van der Waals surface area (Å²) in [7, 11) is 1.64. The van der Waals surface area contributed by atoms with Gasteiger partial charge in [-0.15, -0.1) is 0 Å². The zero-order chi connectivity index (χ0) is 20.5. The molecular formula is C21H21BrN4O3. The molecule has 150 valence electrons. The molecule has 1 N–H and O–H groups in total. The second-order valence-corrected chi connectivity index (χ2v) is 7.96. The summed E-state index contributed by atoms with van der Waals surface area (Å²) in [6.45, 7) is 2.77. The molecule has 2 heterocycles. The van der Waals surface area contributed by atoms with Gasteiger partial charge in [0.1, 0.15) is 17.3 Å². The van der Waals surface area contributed by atoms with E-state index in [0.29, 0.717) is 5.69 Å². The third-order valence-electron chi connectivity index (χ3n) is 5.18. The van der Waals surface area contributed by atoms with Crippen molar-refractivity contribution < 1.29 is 9.66 Å². The van der Waals surface area contributed by atoms with Crippen LogP contribution in [-0.2, 0) is 6.42 Å². The second-order valence-electron chi connectivity index (χ2n) is 7.04. The average molecular weight is 457 g/mol. The van der Waals surface area contributed by atoms with Crippen LogP contribution in [0.15, 0.2) is 40.9 Å². The predicted molar refractivity (Wildman–Crippen MR) is 116 cm³/mol. The van der Waals surface area contributed by atoms with Crippen molar-refractivity contribution in [1.29, 1.82) is 0 Å². The van der Waals surface area contributed by atoms with Crippen LogP contribution in [0.3, 0.4) is 0 Å². The Morgan fingerprint density at radius 3 is 2.83 bits per heavy atom. The zero-order valence-electron chi connectivity index (χ0n) is 16.2. The minimum atomic E-state index is -0.378. The highest BCUT2D eigenvalue weighted by Crippen LogP contribution is 2.39. The van der Waals surface area contributed by atoms with Gasteiger partial charge >= 0.3 is 0 Å². The maximum atomic E-state index is 11.3. The van der Waals surface area contributed by atoms with E-state index in [-0.39, 0.29) is 10.6 Å². The third-order valence-corrected chi connectivity index (χ3v) is 5.67. The summed E-state index contributed by atoms with van der Waals surface area (Å²) in [5, 5.41) is 19.7. The molecule has 4 rings (SSSR count). The molecule has 2 aromatic carbocycles. The molecule has 7 nitrogen and oxygen atoms in total. The third kappa shape index (κ3) is 3.60. The van der Waals surface area contributed by atoms with Crippen LogP contribution in [0.5, 0.6) is 5.75 Å². The maximum absolute atomic E-state index is 11.3. The lowest BCUT2D eigenvalue weighted by Gasteiger charge is -2.11. The summed E-state index contributed by atoms with van der Waals surface area (Å²) >= 11 is 3.54. The summed E-state index contributed by atoms with van der Waals surface area (Å²) < 4.78 is 8.33. The van der Waals surface area contributed by atoms with Crippen molar-refractivity contribution in [3.63, 3.8) is 0 Å². The number of hydrogen-bond acceptors (Lipinski definition) is 5. The van der Waals surface area contributed by atoms with E-state index in [1.165, 1.54) is 6.07 Å². The number of ether oxygens (including phenoxy) is 1. The van der Waals surface area contributed by atoms with E-state index in [0.717, 1.165) is 64.2 Å². The van der Waals surface area contributed by atoms with Gasteiger partial charge in [0.2, 0.25) is 0 Å². The Labute approximate surface area is 177 Å². The number of methoxy groups -OCH3 is 1. The summed E-state index contributed by atoms with van der Waals surface area (Å²) in [4.78, 5) is 10.9. The molecular weight excluding hydrogens is 436 g/mol. The highest BCUT2D eigenvalue weighted by Gasteiger charge is 2.25. The van der Waals surface area contributed by atoms with Crippen LogP contribution in [0.1, 0.15) is 24.0 Å². The molecule has 0 atom stereocenters. The second kappa shape index (κ2) is 7.87. The molecule has 0 radical (unpaired) electrons. The van der Waals surface area contributed by atoms with Gasteiger partial charge in [0.05, 0.1) is 17.7 Å². The fourth-order valence-corrected chi connectivity index (χ4v) is 4.06. The minimum Gasteiger partial charge on any atom is -0.496 e. The van der Waals surface area contributed by atoms with Crippen molar-refractivity contribution in [3.8, 4) is 22.7 Å². The van der Waals surface area contributed by atoms with Crippen LogP contribution in [-0.4, -0.2) is 28.4 Å². The van der Waals surface area contributed by atoms with E-state index < -0.39 is 0 Å². The van der Waals surface area contributed by atoms with Crippen molar-refractivity contribution in [1.82, 2.24) is 9.78 Å². The van der Waals surface area contributed by atoms with Crippen LogP contribution in [0, 0.1) is 17.0 Å². The van der Waals surface area contributed by atoms with Crippen LogP contribution in [0.4, 0.5) is 11.5 Å². The number of nitro benzene ring substituents is 1. The molecule has 0 aliphatic carbocycles. The number of aryl methyl sites for hydroxylation is 1. The van der Waals surface area contributed by atoms with Crippen molar-refractivity contribution >= 4 is 27.4 Å². The SMILES string of the molecule is COc1ccc(Br)cc1-c1nn(-c2cc([N+](=O)[O-])ccc2C)c2c1CCCCN2. The van der Waals surface area contributed by atoms with Gasteiger partial charge in [-0.05, 0) is 49.9 Å². The van der Waals surface area contributed by atoms with E-state index in [2.05, 4.69) is 21.2 Å². The molecule has 0 saturated carbocycles. The van der Waals surface area contributed by atoms with E-state index in [4.69, 9.17) is 9.84 Å². The number of aromatic nitrogens is 2. The molecule has 1 aliphatic rings. The van der Waals surface area contributed by atoms with Gasteiger partial charge in [0.25, 0.3) is 5.69 Å². The Kier molecular flexibility index (Phi) is 5.27. The molecule has 0 unspecified atom stereocenters. The smallest absolute Gasteiger partial charge is 0.271 e. The predicted octanol–water partition coefficient (Wildman–Crippen LogP) is 5.28. The standard InChI is InChI=1S/C21H21BrN4O3/c1-13-6-8-15(26(27)28)12-18(13)25-21-16(5-3-4-10-23-21)20(24-25)17-11-14(22)7-9-19(17)29-2/h6-9,11-12,23H,3-5,10H2,1-2H3. The quantitative estimate of drug-likeness (QED) is 0.426. The highest BCUT2D eigenvalue weighted by molar-refractivity contribution is 9.10. The van der Waals surface area contributed by atoms with Crippen LogP contribution in [0.25, 0.3) is 16.9 Å². The average Bonchev–Trinajstić information content (AvgIpc) is 2.89. The molecule has 8 heteroatoms. The van der Waals surface area contributed by atoms with Gasteiger partial charge in [-0.25, -0.2) is 4.68 Å². The van der Waals surface area contributed by atoms with Crippen molar-refractivity contribution in [2.24, 2.45) is 0 Å². The lowest BCUT2D eigenvalue weighted by atomic mass is 10.0. The number of anilines is 1. The molecule has 1 aromatic heterocycles. The van der Waals surface area contributed by atoms with Gasteiger partial charge in [0.15, 0.2) is 0 Å². The molecule has 3 aromatic rings. The number of nitrogens with zero attached hydrogens (tertiary/aromatic N) is 3. The largest absolute Gasteiger partial charge is 0.496 e. The van der Waals surface area contributed by atoms with Gasteiger partial charge in [-0.1, -0.05) is 22.0 Å². The number of rotatable bonds is 4. The summed E-state index contributed by atoms with van der Waals surface area (Å²) in [6.07, 6.45) is 2.97. The van der Waals surface area contributed by atoms with E-state index >= 15 is 0 Å². The monoisotopic (exact) mass is 456 g/mol. The topological polar surface area (TPSA) is 82.2 Å². The lowest BCUT2D eigenvalue weighted by molar-refractivity contribution is -0.384. The molecule has 0 amide bonds. The Bertz CT molecular complexity index is 1090. The zero-order valence-corrected chi connectivity index (χ0v) is 17.8. The summed E-state index contributed by atoms with van der Waals surface area (Å²) in [5.74, 6) is 1.63. The van der Waals surface area contributed by atoms with E-state index in [1.54, 1.807) is 23.9 Å². The lowest BCUT2D eigenvalue weighted by Crippen LogP contribution is -2.08. The fourth-order valence-electron chi connectivity index (χ4n) is 3.70. The van der Waals surface area contributed by atoms with Gasteiger partial charge in [0, 0.05) is 34.3 Å². The Morgan fingerprint density at radius 1 is 1.24 bits per heavy atom. The van der Waals surface area contributed by atoms with Crippen LogP contribution in [0.2, 0.25) is 0 Å². The van der Waals surface area contributed by atoms with Crippen LogP contribution >= 0.6 is 15.9 Å². The first-order valence-corrected chi connectivity index (χ1v) is 10.2. The molecule has 0 spiro atoms. The first-order valence-electron chi connectivity index (χ1n) is 9.44. The minimum absolute atomic E-state index is 0.0464. The maximum Gasteiger partial charge on any atom is 0.271 e. The number of fused-ring (bicyclic) bond motifs is 1. The normalized spacial score (nSPS) is 13.3. The Balaban J connectivity index is 1.98. The van der Waals surface area contributed by atoms with Crippen LogP contribution < -0.4 is 10.1 Å². The van der Waals surface area contributed by atoms with Crippen molar-refractivity contribution in [2.75, 3.05) is 19.0 Å². The molecule has 1 aliphatic heterocycles. The molecule has 0 saturated heterocycles. The number of nitro groups is 1.